The standard InChI is InChI=1S/C19H22N4O2S/c24-18(17-5-3-7-25-17)23-9-13-12(14(13)10-23)8-21-19-22-16(11-26-19)15-4-1-2-6-20-15/h1-2,4,6,11-14,17H,3,5,7-10H2,(H,21,22)/t12?,13-,14+,17?. The first-order valence-electron chi connectivity index (χ1n) is 9.31. The Kier molecular flexibility index (Phi) is 4.13. The molecule has 0 radical (unpaired) electrons. The van der Waals surface area contributed by atoms with Gasteiger partial charge in [-0.3, -0.25) is 9.78 Å². The zero-order valence-corrected chi connectivity index (χ0v) is 15.3. The SMILES string of the molecule is O=C(C1CCCO1)N1C[C@@H]2C(CNc3nc(-c4ccccn4)cs3)[C@@H]2C1. The number of carbonyl (C=O) groups is 1. The zero-order valence-electron chi connectivity index (χ0n) is 14.5. The molecule has 2 aliphatic heterocycles. The number of thiazole rings is 1. The number of ether oxygens (including phenoxy) is 1. The summed E-state index contributed by atoms with van der Waals surface area (Å²) in [6.45, 7) is 3.46. The molecule has 2 saturated heterocycles. The molecule has 1 amide bonds. The smallest absolute Gasteiger partial charge is 0.251 e. The van der Waals surface area contributed by atoms with Crippen LogP contribution in [0, 0.1) is 17.8 Å². The fraction of sp³-hybridized carbons (Fsp3) is 0.526. The van der Waals surface area contributed by atoms with Crippen LogP contribution in [-0.4, -0.2) is 53.1 Å². The van der Waals surface area contributed by atoms with Gasteiger partial charge in [0.2, 0.25) is 0 Å². The van der Waals surface area contributed by atoms with Gasteiger partial charge >= 0.3 is 0 Å². The summed E-state index contributed by atoms with van der Waals surface area (Å²) in [6.07, 6.45) is 3.51. The molecule has 3 fully saturated rings. The normalized spacial score (nSPS) is 29.6. The second-order valence-corrected chi connectivity index (χ2v) is 8.23. The maximum absolute atomic E-state index is 12.4. The molecule has 2 aromatic rings. The maximum atomic E-state index is 12.4. The van der Waals surface area contributed by atoms with Crippen LogP contribution in [0.25, 0.3) is 11.4 Å². The van der Waals surface area contributed by atoms with Gasteiger partial charge in [-0.1, -0.05) is 6.07 Å². The van der Waals surface area contributed by atoms with Gasteiger partial charge in [-0.2, -0.15) is 0 Å². The minimum Gasteiger partial charge on any atom is -0.368 e. The Labute approximate surface area is 156 Å². The van der Waals surface area contributed by atoms with E-state index in [1.807, 2.05) is 28.5 Å². The summed E-state index contributed by atoms with van der Waals surface area (Å²) in [5.41, 5.74) is 1.82. The first kappa shape index (κ1) is 16.2. The number of rotatable bonds is 5. The van der Waals surface area contributed by atoms with E-state index in [1.54, 1.807) is 17.5 Å². The molecule has 6 nitrogen and oxygen atoms in total. The summed E-state index contributed by atoms with van der Waals surface area (Å²) in [5.74, 6) is 2.15. The van der Waals surface area contributed by atoms with E-state index in [2.05, 4.69) is 15.3 Å². The van der Waals surface area contributed by atoms with Crippen LogP contribution < -0.4 is 5.32 Å². The highest BCUT2D eigenvalue weighted by Gasteiger charge is 2.56. The Morgan fingerprint density at radius 1 is 1.31 bits per heavy atom. The van der Waals surface area contributed by atoms with Gasteiger partial charge in [0.05, 0.1) is 5.69 Å². The second-order valence-electron chi connectivity index (χ2n) is 7.37. The molecule has 26 heavy (non-hydrogen) atoms. The number of aromatic nitrogens is 2. The van der Waals surface area contributed by atoms with E-state index in [1.165, 1.54) is 0 Å². The van der Waals surface area contributed by atoms with E-state index in [0.717, 1.165) is 55.6 Å². The molecule has 1 aliphatic carbocycles. The van der Waals surface area contributed by atoms with Gasteiger partial charge in [0.1, 0.15) is 11.8 Å². The van der Waals surface area contributed by atoms with E-state index >= 15 is 0 Å². The summed E-state index contributed by atoms with van der Waals surface area (Å²) in [7, 11) is 0. The minimum absolute atomic E-state index is 0.176. The van der Waals surface area contributed by atoms with E-state index in [-0.39, 0.29) is 12.0 Å². The molecule has 1 saturated carbocycles. The van der Waals surface area contributed by atoms with Crippen LogP contribution in [0.3, 0.4) is 0 Å². The number of nitrogens with zero attached hydrogens (tertiary/aromatic N) is 3. The summed E-state index contributed by atoms with van der Waals surface area (Å²) in [5, 5.41) is 6.47. The molecule has 0 aromatic carbocycles. The highest BCUT2D eigenvalue weighted by molar-refractivity contribution is 7.14. The lowest BCUT2D eigenvalue weighted by Crippen LogP contribution is -2.39. The van der Waals surface area contributed by atoms with Gasteiger partial charge in [0.25, 0.3) is 5.91 Å². The Hall–Kier alpha value is -1.99. The molecule has 7 heteroatoms. The molecule has 2 unspecified atom stereocenters. The van der Waals surface area contributed by atoms with Crippen LogP contribution in [0.5, 0.6) is 0 Å². The van der Waals surface area contributed by atoms with Crippen molar-refractivity contribution in [3.8, 4) is 11.4 Å². The summed E-state index contributed by atoms with van der Waals surface area (Å²) < 4.78 is 5.53. The number of anilines is 1. The average molecular weight is 370 g/mol. The van der Waals surface area contributed by atoms with E-state index in [4.69, 9.17) is 4.74 Å². The van der Waals surface area contributed by atoms with Crippen molar-refractivity contribution >= 4 is 22.4 Å². The average Bonchev–Trinajstić information content (AvgIpc) is 3.23. The first-order valence-corrected chi connectivity index (χ1v) is 10.2. The quantitative estimate of drug-likeness (QED) is 0.876. The number of carbonyl (C=O) groups excluding carboxylic acids is 1. The third-order valence-corrected chi connectivity index (χ3v) is 6.61. The topological polar surface area (TPSA) is 67.3 Å². The van der Waals surface area contributed by atoms with Crippen LogP contribution in [-0.2, 0) is 9.53 Å². The number of nitrogens with one attached hydrogen (secondary N) is 1. The summed E-state index contributed by atoms with van der Waals surface area (Å²) >= 11 is 1.62. The van der Waals surface area contributed by atoms with Gasteiger partial charge in [-0.15, -0.1) is 11.3 Å². The van der Waals surface area contributed by atoms with E-state index in [0.29, 0.717) is 17.8 Å². The molecule has 0 bridgehead atoms. The fourth-order valence-corrected chi connectivity index (χ4v) is 5.01. The van der Waals surface area contributed by atoms with Crippen molar-refractivity contribution in [1.82, 2.24) is 14.9 Å². The highest BCUT2D eigenvalue weighted by Crippen LogP contribution is 2.51. The van der Waals surface area contributed by atoms with Crippen LogP contribution in [0.15, 0.2) is 29.8 Å². The number of fused-ring (bicyclic) bond motifs is 1. The number of piperidine rings is 1. The molecule has 4 heterocycles. The highest BCUT2D eigenvalue weighted by atomic mass is 32.1. The third kappa shape index (κ3) is 2.99. The molecule has 1 N–H and O–H groups in total. The molecule has 2 aromatic heterocycles. The Morgan fingerprint density at radius 3 is 2.92 bits per heavy atom. The van der Waals surface area contributed by atoms with Crippen LogP contribution in [0.1, 0.15) is 12.8 Å². The largest absolute Gasteiger partial charge is 0.368 e. The maximum Gasteiger partial charge on any atom is 0.251 e. The lowest BCUT2D eigenvalue weighted by Gasteiger charge is -2.22. The summed E-state index contributed by atoms with van der Waals surface area (Å²) in [4.78, 5) is 23.4. The molecule has 0 spiro atoms. The molecular weight excluding hydrogens is 348 g/mol. The lowest BCUT2D eigenvalue weighted by atomic mass is 10.2. The lowest BCUT2D eigenvalue weighted by molar-refractivity contribution is -0.140. The Balaban J connectivity index is 1.11. The van der Waals surface area contributed by atoms with Gasteiger partial charge in [0.15, 0.2) is 5.13 Å². The van der Waals surface area contributed by atoms with Crippen LogP contribution in [0.4, 0.5) is 5.13 Å². The molecule has 5 rings (SSSR count). The first-order chi connectivity index (χ1) is 12.8. The van der Waals surface area contributed by atoms with Crippen molar-refractivity contribution < 1.29 is 9.53 Å². The van der Waals surface area contributed by atoms with Gasteiger partial charge in [-0.05, 0) is 42.7 Å². The van der Waals surface area contributed by atoms with Crippen LogP contribution >= 0.6 is 11.3 Å². The van der Waals surface area contributed by atoms with Gasteiger partial charge in [0, 0.05) is 37.8 Å². The Bertz CT molecular complexity index is 778. The van der Waals surface area contributed by atoms with Crippen LogP contribution in [0.2, 0.25) is 0 Å². The number of hydrogen-bond acceptors (Lipinski definition) is 6. The molecular formula is C19H22N4O2S. The zero-order chi connectivity index (χ0) is 17.5. The van der Waals surface area contributed by atoms with Gasteiger partial charge < -0.3 is 15.0 Å². The van der Waals surface area contributed by atoms with E-state index < -0.39 is 0 Å². The third-order valence-electron chi connectivity index (χ3n) is 5.81. The second kappa shape index (κ2) is 6.63. The number of amides is 1. The summed E-state index contributed by atoms with van der Waals surface area (Å²) in [6, 6.07) is 5.86. The van der Waals surface area contributed by atoms with Crippen molar-refractivity contribution in [3.05, 3.63) is 29.8 Å². The molecule has 4 atom stereocenters. The number of hydrogen-bond donors (Lipinski definition) is 1. The van der Waals surface area contributed by atoms with Crippen molar-refractivity contribution in [2.75, 3.05) is 31.6 Å². The van der Waals surface area contributed by atoms with Crippen molar-refractivity contribution in [1.29, 1.82) is 0 Å². The predicted octanol–water partition coefficient (Wildman–Crippen LogP) is 2.50. The van der Waals surface area contributed by atoms with Crippen molar-refractivity contribution in [2.45, 2.75) is 18.9 Å². The number of pyridine rings is 1. The molecule has 3 aliphatic rings. The molecule has 136 valence electrons. The van der Waals surface area contributed by atoms with Gasteiger partial charge in [-0.25, -0.2) is 4.98 Å². The predicted molar refractivity (Wildman–Crippen MR) is 99.9 cm³/mol. The minimum atomic E-state index is -0.176. The van der Waals surface area contributed by atoms with Crippen molar-refractivity contribution in [3.63, 3.8) is 0 Å². The number of likely N-dealkylation sites (tertiary alicyclic amines) is 1. The fourth-order valence-electron chi connectivity index (χ4n) is 4.30. The monoisotopic (exact) mass is 370 g/mol. The van der Waals surface area contributed by atoms with E-state index in [9.17, 15) is 4.79 Å². The van der Waals surface area contributed by atoms with Crippen molar-refractivity contribution in [2.24, 2.45) is 17.8 Å². The Morgan fingerprint density at radius 2 is 2.19 bits per heavy atom.